The molecule has 3 heteroatoms. The van der Waals surface area contributed by atoms with Crippen LogP contribution < -0.4 is 5.73 Å². The summed E-state index contributed by atoms with van der Waals surface area (Å²) in [4.78, 5) is 4.04. The predicted molar refractivity (Wildman–Crippen MR) is 41.9 cm³/mol. The Morgan fingerprint density at radius 1 is 1.70 bits per heavy atom. The van der Waals surface area contributed by atoms with Crippen LogP contribution in [-0.2, 0) is 6.54 Å². The van der Waals surface area contributed by atoms with Crippen LogP contribution in [0.5, 0.6) is 0 Å². The minimum Gasteiger partial charge on any atom is -0.325 e. The molecule has 0 aliphatic heterocycles. The largest absolute Gasteiger partial charge is 0.325 e. The summed E-state index contributed by atoms with van der Waals surface area (Å²) < 4.78 is 0. The number of hydrogen-bond acceptors (Lipinski definition) is 2. The van der Waals surface area contributed by atoms with Crippen molar-refractivity contribution < 1.29 is 0 Å². The van der Waals surface area contributed by atoms with Gasteiger partial charge in [0.25, 0.3) is 0 Å². The minimum atomic E-state index is 0.402. The smallest absolute Gasteiger partial charge is 0.0725 e. The summed E-state index contributed by atoms with van der Waals surface area (Å²) in [5.41, 5.74) is 7.17. The molecule has 2 nitrogen and oxygen atoms in total. The second-order valence-electron chi connectivity index (χ2n) is 2.15. The number of nitrogens with zero attached hydrogens (tertiary/aromatic N) is 1. The molecule has 2 N–H and O–H groups in total. The van der Waals surface area contributed by atoms with E-state index in [1.807, 2.05) is 13.0 Å². The quantitative estimate of drug-likeness (QED) is 0.670. The Morgan fingerprint density at radius 3 is 2.90 bits per heavy atom. The normalized spacial score (nSPS) is 9.90. The van der Waals surface area contributed by atoms with Crippen LogP contribution in [-0.4, -0.2) is 4.98 Å². The molecule has 0 saturated carbocycles. The zero-order valence-corrected chi connectivity index (χ0v) is 6.52. The number of aryl methyl sites for hydroxylation is 1. The van der Waals surface area contributed by atoms with Gasteiger partial charge in [-0.25, -0.2) is 0 Å². The topological polar surface area (TPSA) is 38.9 Å². The Hall–Kier alpha value is -0.600. The van der Waals surface area contributed by atoms with Gasteiger partial charge in [-0.15, -0.1) is 0 Å². The maximum atomic E-state index is 5.79. The van der Waals surface area contributed by atoms with Crippen LogP contribution in [0, 0.1) is 6.92 Å². The predicted octanol–water partition coefficient (Wildman–Crippen LogP) is 1.50. The fourth-order valence-corrected chi connectivity index (χ4v) is 1.01. The second-order valence-corrected chi connectivity index (χ2v) is 2.55. The van der Waals surface area contributed by atoms with Crippen molar-refractivity contribution in [3.05, 3.63) is 28.5 Å². The average Bonchev–Trinajstić information content (AvgIpc) is 1.88. The van der Waals surface area contributed by atoms with E-state index in [1.54, 1.807) is 6.20 Å². The Morgan fingerprint density at radius 2 is 2.40 bits per heavy atom. The molecule has 0 saturated heterocycles. The van der Waals surface area contributed by atoms with Gasteiger partial charge in [-0.05, 0) is 18.6 Å². The number of halogens is 1. The van der Waals surface area contributed by atoms with Gasteiger partial charge in [-0.2, -0.15) is 0 Å². The highest BCUT2D eigenvalue weighted by Crippen LogP contribution is 2.13. The van der Waals surface area contributed by atoms with Crippen LogP contribution in [0.1, 0.15) is 11.3 Å². The summed E-state index contributed by atoms with van der Waals surface area (Å²) in [7, 11) is 0. The van der Waals surface area contributed by atoms with E-state index in [2.05, 4.69) is 4.98 Å². The number of hydrogen-bond donors (Lipinski definition) is 1. The van der Waals surface area contributed by atoms with Gasteiger partial charge in [0.1, 0.15) is 0 Å². The van der Waals surface area contributed by atoms with Crippen LogP contribution in [0.15, 0.2) is 12.3 Å². The van der Waals surface area contributed by atoms with Crippen LogP contribution in [0.25, 0.3) is 0 Å². The first-order chi connectivity index (χ1) is 4.74. The highest BCUT2D eigenvalue weighted by atomic mass is 35.5. The molecule has 1 aromatic rings. The fraction of sp³-hybridized carbons (Fsp3) is 0.286. The molecule has 0 fully saturated rings. The first-order valence-corrected chi connectivity index (χ1v) is 3.43. The third kappa shape index (κ3) is 1.46. The van der Waals surface area contributed by atoms with Crippen molar-refractivity contribution in [2.24, 2.45) is 5.73 Å². The molecule has 0 spiro atoms. The molecule has 0 radical (unpaired) electrons. The van der Waals surface area contributed by atoms with Crippen molar-refractivity contribution in [2.45, 2.75) is 13.5 Å². The van der Waals surface area contributed by atoms with E-state index < -0.39 is 0 Å². The van der Waals surface area contributed by atoms with Gasteiger partial charge >= 0.3 is 0 Å². The van der Waals surface area contributed by atoms with Crippen molar-refractivity contribution in [3.63, 3.8) is 0 Å². The SMILES string of the molecule is Cc1cnc(CN)c(Cl)c1. The molecule has 0 bridgehead atoms. The van der Waals surface area contributed by atoms with Crippen molar-refractivity contribution in [2.75, 3.05) is 0 Å². The van der Waals surface area contributed by atoms with E-state index in [0.717, 1.165) is 11.3 Å². The zero-order valence-electron chi connectivity index (χ0n) is 5.76. The standard InChI is InChI=1S/C7H9ClN2/c1-5-2-6(8)7(3-9)10-4-5/h2,4H,3,9H2,1H3. The molecule has 0 unspecified atom stereocenters. The lowest BCUT2D eigenvalue weighted by atomic mass is 10.3. The molecule has 1 rings (SSSR count). The molecule has 0 aliphatic carbocycles. The third-order valence-electron chi connectivity index (χ3n) is 1.25. The highest BCUT2D eigenvalue weighted by molar-refractivity contribution is 6.31. The van der Waals surface area contributed by atoms with Gasteiger partial charge < -0.3 is 5.73 Å². The third-order valence-corrected chi connectivity index (χ3v) is 1.57. The summed E-state index contributed by atoms with van der Waals surface area (Å²) in [6, 6.07) is 1.86. The summed E-state index contributed by atoms with van der Waals surface area (Å²) >= 11 is 5.79. The highest BCUT2D eigenvalue weighted by Gasteiger charge is 1.97. The van der Waals surface area contributed by atoms with Crippen molar-refractivity contribution in [3.8, 4) is 0 Å². The summed E-state index contributed by atoms with van der Waals surface area (Å²) in [5.74, 6) is 0. The van der Waals surface area contributed by atoms with Gasteiger partial charge in [0.2, 0.25) is 0 Å². The summed E-state index contributed by atoms with van der Waals surface area (Å²) in [6.07, 6.45) is 1.76. The van der Waals surface area contributed by atoms with E-state index in [9.17, 15) is 0 Å². The number of pyridine rings is 1. The van der Waals surface area contributed by atoms with Crippen LogP contribution >= 0.6 is 11.6 Å². The summed E-state index contributed by atoms with van der Waals surface area (Å²) in [5, 5.41) is 0.655. The van der Waals surface area contributed by atoms with Gasteiger partial charge in [-0.3, -0.25) is 4.98 Å². The Labute approximate surface area is 65.0 Å². The van der Waals surface area contributed by atoms with Crippen molar-refractivity contribution in [1.82, 2.24) is 4.98 Å². The van der Waals surface area contributed by atoms with Crippen molar-refractivity contribution in [1.29, 1.82) is 0 Å². The van der Waals surface area contributed by atoms with E-state index in [4.69, 9.17) is 17.3 Å². The Kier molecular flexibility index (Phi) is 2.25. The molecule has 54 valence electrons. The maximum absolute atomic E-state index is 5.79. The molecule has 0 amide bonds. The summed E-state index contributed by atoms with van der Waals surface area (Å²) in [6.45, 7) is 2.35. The second kappa shape index (κ2) is 2.99. The zero-order chi connectivity index (χ0) is 7.56. The first-order valence-electron chi connectivity index (χ1n) is 3.05. The van der Waals surface area contributed by atoms with Gasteiger partial charge in [-0.1, -0.05) is 11.6 Å². The monoisotopic (exact) mass is 156 g/mol. The lowest BCUT2D eigenvalue weighted by molar-refractivity contribution is 0.985. The average molecular weight is 157 g/mol. The molecular formula is C7H9ClN2. The van der Waals surface area contributed by atoms with Crippen molar-refractivity contribution >= 4 is 11.6 Å². The molecule has 0 aliphatic rings. The van der Waals surface area contributed by atoms with E-state index in [1.165, 1.54) is 0 Å². The Bertz CT molecular complexity index is 235. The van der Waals surface area contributed by atoms with E-state index in [-0.39, 0.29) is 0 Å². The fourth-order valence-electron chi connectivity index (χ4n) is 0.712. The maximum Gasteiger partial charge on any atom is 0.0725 e. The van der Waals surface area contributed by atoms with E-state index in [0.29, 0.717) is 11.6 Å². The first kappa shape index (κ1) is 7.51. The lowest BCUT2D eigenvalue weighted by Gasteiger charge is -1.98. The number of aromatic nitrogens is 1. The van der Waals surface area contributed by atoms with Crippen LogP contribution in [0.4, 0.5) is 0 Å². The molecular weight excluding hydrogens is 148 g/mol. The van der Waals surface area contributed by atoms with Crippen LogP contribution in [0.3, 0.4) is 0 Å². The lowest BCUT2D eigenvalue weighted by Crippen LogP contribution is -2.00. The molecule has 1 heterocycles. The Balaban J connectivity index is 3.07. The van der Waals surface area contributed by atoms with Crippen LogP contribution in [0.2, 0.25) is 5.02 Å². The number of rotatable bonds is 1. The molecule has 0 atom stereocenters. The molecule has 0 aromatic carbocycles. The molecule has 1 aromatic heterocycles. The molecule has 10 heavy (non-hydrogen) atoms. The number of nitrogens with two attached hydrogens (primary N) is 1. The van der Waals surface area contributed by atoms with Gasteiger partial charge in [0.15, 0.2) is 0 Å². The minimum absolute atomic E-state index is 0.402. The van der Waals surface area contributed by atoms with Gasteiger partial charge in [0, 0.05) is 12.7 Å². The van der Waals surface area contributed by atoms with Gasteiger partial charge in [0.05, 0.1) is 10.7 Å². The van der Waals surface area contributed by atoms with E-state index >= 15 is 0 Å².